The first-order chi connectivity index (χ1) is 8.34. The molecular formula is C14H18ClNOS. The highest BCUT2D eigenvalue weighted by Crippen LogP contribution is 2.29. The maximum atomic E-state index is 10.4. The molecule has 0 radical (unpaired) electrons. The van der Waals surface area contributed by atoms with Crippen LogP contribution in [0.5, 0.6) is 0 Å². The van der Waals surface area contributed by atoms with Gasteiger partial charge in [0, 0.05) is 23.1 Å². The first-order valence-electron chi connectivity index (χ1n) is 6.32. The van der Waals surface area contributed by atoms with Gasteiger partial charge in [-0.05, 0) is 16.8 Å². The van der Waals surface area contributed by atoms with Gasteiger partial charge in [-0.1, -0.05) is 18.2 Å². The Morgan fingerprint density at radius 3 is 2.72 bits per heavy atom. The Labute approximate surface area is 118 Å². The fourth-order valence-corrected chi connectivity index (χ4v) is 3.73. The molecule has 4 heteroatoms. The van der Waals surface area contributed by atoms with Crippen molar-refractivity contribution in [3.63, 3.8) is 0 Å². The summed E-state index contributed by atoms with van der Waals surface area (Å²) in [6, 6.07) is 8.34. The molecular weight excluding hydrogens is 266 g/mol. The summed E-state index contributed by atoms with van der Waals surface area (Å²) in [5, 5.41) is 13.7. The number of aliphatic hydroxyl groups is 1. The largest absolute Gasteiger partial charge is 1.00 e. The first kappa shape index (κ1) is 13.8. The van der Waals surface area contributed by atoms with E-state index in [2.05, 4.69) is 23.6 Å². The number of nitrogens with one attached hydrogen (secondary N) is 1. The van der Waals surface area contributed by atoms with E-state index >= 15 is 0 Å². The van der Waals surface area contributed by atoms with Crippen molar-refractivity contribution in [3.05, 3.63) is 35.2 Å². The van der Waals surface area contributed by atoms with Gasteiger partial charge in [-0.3, -0.25) is 0 Å². The van der Waals surface area contributed by atoms with E-state index in [0.717, 1.165) is 12.1 Å². The average Bonchev–Trinajstić information content (AvgIpc) is 2.96. The van der Waals surface area contributed by atoms with Gasteiger partial charge in [0.1, 0.15) is 12.6 Å². The molecule has 0 amide bonds. The van der Waals surface area contributed by atoms with Gasteiger partial charge in [0.25, 0.3) is 0 Å². The SMILES string of the molecule is OC(C[NH+]1CCCC1)c1csc2ccccc12.[Cl-]. The van der Waals surface area contributed by atoms with Crippen molar-refractivity contribution in [1.29, 1.82) is 0 Å². The Bertz CT molecular complexity index is 507. The van der Waals surface area contributed by atoms with Gasteiger partial charge in [-0.15, -0.1) is 11.3 Å². The van der Waals surface area contributed by atoms with Gasteiger partial charge >= 0.3 is 0 Å². The van der Waals surface area contributed by atoms with Crippen LogP contribution >= 0.6 is 11.3 Å². The summed E-state index contributed by atoms with van der Waals surface area (Å²) in [7, 11) is 0. The van der Waals surface area contributed by atoms with E-state index < -0.39 is 0 Å². The number of halogens is 1. The molecule has 1 saturated heterocycles. The Hall–Kier alpha value is -0.610. The summed E-state index contributed by atoms with van der Waals surface area (Å²) in [6.45, 7) is 3.30. The maximum absolute atomic E-state index is 10.4. The van der Waals surface area contributed by atoms with Crippen LogP contribution in [0.25, 0.3) is 10.1 Å². The zero-order valence-electron chi connectivity index (χ0n) is 10.2. The van der Waals surface area contributed by atoms with Crippen LogP contribution in [0.2, 0.25) is 0 Å². The summed E-state index contributed by atoms with van der Waals surface area (Å²) in [5.41, 5.74) is 1.12. The van der Waals surface area contributed by atoms with Crippen molar-refractivity contribution < 1.29 is 22.4 Å². The molecule has 18 heavy (non-hydrogen) atoms. The van der Waals surface area contributed by atoms with E-state index in [9.17, 15) is 5.11 Å². The lowest BCUT2D eigenvalue weighted by Crippen LogP contribution is -3.10. The van der Waals surface area contributed by atoms with Crippen LogP contribution in [-0.4, -0.2) is 24.7 Å². The van der Waals surface area contributed by atoms with Crippen molar-refractivity contribution >= 4 is 21.4 Å². The van der Waals surface area contributed by atoms with E-state index in [4.69, 9.17) is 0 Å². The highest BCUT2D eigenvalue weighted by molar-refractivity contribution is 7.17. The number of thiophene rings is 1. The summed E-state index contributed by atoms with van der Waals surface area (Å²) < 4.78 is 1.28. The molecule has 2 N–H and O–H groups in total. The third-order valence-corrected chi connectivity index (χ3v) is 4.64. The lowest BCUT2D eigenvalue weighted by Gasteiger charge is -2.16. The lowest BCUT2D eigenvalue weighted by atomic mass is 10.1. The monoisotopic (exact) mass is 283 g/mol. The third kappa shape index (κ3) is 2.69. The third-order valence-electron chi connectivity index (χ3n) is 3.66. The molecule has 0 saturated carbocycles. The lowest BCUT2D eigenvalue weighted by molar-refractivity contribution is -0.891. The highest BCUT2D eigenvalue weighted by Gasteiger charge is 2.22. The van der Waals surface area contributed by atoms with Crippen LogP contribution in [0, 0.1) is 0 Å². The van der Waals surface area contributed by atoms with Crippen LogP contribution in [0.4, 0.5) is 0 Å². The van der Waals surface area contributed by atoms with E-state index in [0.29, 0.717) is 0 Å². The second-order valence-electron chi connectivity index (χ2n) is 4.86. The topological polar surface area (TPSA) is 24.7 Å². The second kappa shape index (κ2) is 6.02. The molecule has 98 valence electrons. The number of aliphatic hydroxyl groups excluding tert-OH is 1. The minimum atomic E-state index is -0.306. The average molecular weight is 284 g/mol. The van der Waals surface area contributed by atoms with Crippen LogP contribution in [0.1, 0.15) is 24.5 Å². The minimum Gasteiger partial charge on any atom is -1.00 e. The van der Waals surface area contributed by atoms with E-state index in [1.807, 2.05) is 6.07 Å². The maximum Gasteiger partial charge on any atom is 0.129 e. The molecule has 1 aromatic carbocycles. The number of benzene rings is 1. The smallest absolute Gasteiger partial charge is 0.129 e. The fourth-order valence-electron chi connectivity index (χ4n) is 2.72. The predicted molar refractivity (Wildman–Crippen MR) is 71.6 cm³/mol. The molecule has 0 aliphatic carbocycles. The molecule has 1 fully saturated rings. The summed E-state index contributed by atoms with van der Waals surface area (Å²) >= 11 is 1.73. The van der Waals surface area contributed by atoms with Crippen molar-refractivity contribution in [2.24, 2.45) is 0 Å². The standard InChI is InChI=1S/C14H17NOS.ClH/c16-13(9-15-7-3-4-8-15)12-10-17-14-6-2-1-5-11(12)14;/h1-2,5-6,10,13,16H,3-4,7-9H2;1H. The van der Waals surface area contributed by atoms with Crippen molar-refractivity contribution in [2.45, 2.75) is 18.9 Å². The van der Waals surface area contributed by atoms with Gasteiger partial charge in [-0.2, -0.15) is 0 Å². The minimum absolute atomic E-state index is 0. The zero-order valence-corrected chi connectivity index (χ0v) is 11.8. The zero-order chi connectivity index (χ0) is 11.7. The number of rotatable bonds is 3. The number of hydrogen-bond donors (Lipinski definition) is 2. The number of likely N-dealkylation sites (tertiary alicyclic amines) is 1. The van der Waals surface area contributed by atoms with Crippen LogP contribution in [0.3, 0.4) is 0 Å². The second-order valence-corrected chi connectivity index (χ2v) is 5.78. The van der Waals surface area contributed by atoms with Gasteiger partial charge in [0.05, 0.1) is 13.1 Å². The predicted octanol–water partition coefficient (Wildman–Crippen LogP) is -1.38. The molecule has 0 spiro atoms. The Kier molecular flexibility index (Phi) is 4.62. The van der Waals surface area contributed by atoms with Crippen molar-refractivity contribution in [2.75, 3.05) is 19.6 Å². The Balaban J connectivity index is 0.00000120. The van der Waals surface area contributed by atoms with Gasteiger partial charge in [-0.25, -0.2) is 0 Å². The number of quaternary nitrogens is 1. The summed E-state index contributed by atoms with van der Waals surface area (Å²) in [5.74, 6) is 0. The molecule has 2 nitrogen and oxygen atoms in total. The highest BCUT2D eigenvalue weighted by atomic mass is 35.5. The molecule has 0 bridgehead atoms. The van der Waals surface area contributed by atoms with Crippen molar-refractivity contribution in [3.8, 4) is 0 Å². The molecule has 1 aliphatic heterocycles. The molecule has 2 heterocycles. The molecule has 3 rings (SSSR count). The van der Waals surface area contributed by atoms with Gasteiger partial charge in [0.15, 0.2) is 0 Å². The van der Waals surface area contributed by atoms with E-state index in [1.165, 1.54) is 36.0 Å². The van der Waals surface area contributed by atoms with E-state index in [-0.39, 0.29) is 18.5 Å². The summed E-state index contributed by atoms with van der Waals surface area (Å²) in [4.78, 5) is 1.55. The molecule has 1 unspecified atom stereocenters. The molecule has 1 aliphatic rings. The summed E-state index contributed by atoms with van der Waals surface area (Å²) in [6.07, 6.45) is 2.32. The van der Waals surface area contributed by atoms with Crippen LogP contribution in [-0.2, 0) is 0 Å². The van der Waals surface area contributed by atoms with Crippen molar-refractivity contribution in [1.82, 2.24) is 0 Å². The number of fused-ring (bicyclic) bond motifs is 1. The Morgan fingerprint density at radius 2 is 1.94 bits per heavy atom. The molecule has 2 aromatic rings. The number of hydrogen-bond acceptors (Lipinski definition) is 2. The van der Waals surface area contributed by atoms with E-state index in [1.54, 1.807) is 16.2 Å². The molecule has 1 atom stereocenters. The normalized spacial score (nSPS) is 17.8. The van der Waals surface area contributed by atoms with Crippen LogP contribution < -0.4 is 17.3 Å². The van der Waals surface area contributed by atoms with Gasteiger partial charge < -0.3 is 22.4 Å². The first-order valence-corrected chi connectivity index (χ1v) is 7.20. The van der Waals surface area contributed by atoms with Gasteiger partial charge in [0.2, 0.25) is 0 Å². The fraction of sp³-hybridized carbons (Fsp3) is 0.429. The quantitative estimate of drug-likeness (QED) is 0.713. The van der Waals surface area contributed by atoms with Crippen LogP contribution in [0.15, 0.2) is 29.6 Å². The molecule has 1 aromatic heterocycles. The Morgan fingerprint density at radius 1 is 1.22 bits per heavy atom.